The number of ether oxygens (including phenoxy) is 4. The first-order chi connectivity index (χ1) is 15.3. The summed E-state index contributed by atoms with van der Waals surface area (Å²) in [4.78, 5) is 8.27. The van der Waals surface area contributed by atoms with Crippen LogP contribution in [0.3, 0.4) is 0 Å². The van der Waals surface area contributed by atoms with E-state index in [1.165, 1.54) is 6.42 Å². The van der Waals surface area contributed by atoms with E-state index in [0.29, 0.717) is 13.0 Å². The summed E-state index contributed by atoms with van der Waals surface area (Å²) in [5, 5.41) is 0. The molecule has 0 saturated heterocycles. The zero-order valence-electron chi connectivity index (χ0n) is 18.0. The largest absolute Gasteiger partial charge is 0.493 e. The summed E-state index contributed by atoms with van der Waals surface area (Å²) in [6, 6.07) is 12.1. The second-order valence-corrected chi connectivity index (χ2v) is 7.57. The molecule has 31 heavy (non-hydrogen) atoms. The van der Waals surface area contributed by atoms with Gasteiger partial charge in [-0.2, -0.15) is 0 Å². The van der Waals surface area contributed by atoms with Crippen molar-refractivity contribution in [2.75, 3.05) is 20.5 Å². The normalized spacial score (nSPS) is 13.5. The molecule has 1 fully saturated rings. The average molecular weight is 421 g/mol. The predicted octanol–water partition coefficient (Wildman–Crippen LogP) is 5.05. The van der Waals surface area contributed by atoms with E-state index >= 15 is 0 Å². The van der Waals surface area contributed by atoms with E-state index in [-0.39, 0.29) is 12.9 Å². The maximum absolute atomic E-state index is 6.43. The number of methoxy groups -OCH3 is 1. The van der Waals surface area contributed by atoms with Gasteiger partial charge >= 0.3 is 0 Å². The molecule has 0 aliphatic heterocycles. The van der Waals surface area contributed by atoms with Crippen LogP contribution in [0.25, 0.3) is 11.1 Å². The van der Waals surface area contributed by atoms with Crippen molar-refractivity contribution < 1.29 is 18.9 Å². The molecule has 0 spiro atoms. The molecular weight excluding hydrogens is 392 g/mol. The Morgan fingerprint density at radius 3 is 2.32 bits per heavy atom. The van der Waals surface area contributed by atoms with Gasteiger partial charge in [0.2, 0.25) is 0 Å². The molecule has 0 radical (unpaired) electrons. The highest BCUT2D eigenvalue weighted by Gasteiger charge is 2.23. The highest BCUT2D eigenvalue weighted by atomic mass is 16.7. The Hall–Kier alpha value is -3.12. The van der Waals surface area contributed by atoms with Crippen molar-refractivity contribution in [2.45, 2.75) is 38.7 Å². The van der Waals surface area contributed by atoms with Crippen LogP contribution in [0, 0.1) is 0 Å². The third-order valence-corrected chi connectivity index (χ3v) is 5.28. The number of hydrogen-bond acceptors (Lipinski definition) is 6. The summed E-state index contributed by atoms with van der Waals surface area (Å²) in [5.41, 5.74) is 4.15. The molecule has 0 atom stereocenters. The molecule has 162 valence electrons. The molecule has 0 bridgehead atoms. The molecule has 3 aromatic rings. The summed E-state index contributed by atoms with van der Waals surface area (Å²) in [6.45, 7) is 2.79. The first kappa shape index (κ1) is 21.1. The minimum atomic E-state index is 0.220. The van der Waals surface area contributed by atoms with E-state index in [1.807, 2.05) is 43.6 Å². The molecular formula is C25H28N2O4. The van der Waals surface area contributed by atoms with E-state index in [9.17, 15) is 0 Å². The Morgan fingerprint density at radius 2 is 1.68 bits per heavy atom. The standard InChI is InChI=1S/C25H28N2O4/c1-3-29-23-12-18(11-19-14-26-16-27-15-19)13-24(31-22-5-4-6-22)25(23)20-7-9-21(10-8-20)30-17-28-2/h7-10,12-16,22H,3-6,11,17H2,1-2H3. The Morgan fingerprint density at radius 1 is 0.935 bits per heavy atom. The number of hydrogen-bond donors (Lipinski definition) is 0. The highest BCUT2D eigenvalue weighted by Crippen LogP contribution is 2.42. The summed E-state index contributed by atoms with van der Waals surface area (Å²) in [7, 11) is 1.61. The fraction of sp³-hybridized carbons (Fsp3) is 0.360. The number of aromatic nitrogens is 2. The van der Waals surface area contributed by atoms with Gasteiger partial charge in [-0.3, -0.25) is 0 Å². The van der Waals surface area contributed by atoms with Crippen LogP contribution in [0.4, 0.5) is 0 Å². The fourth-order valence-electron chi connectivity index (χ4n) is 3.56. The van der Waals surface area contributed by atoms with Crippen LogP contribution in [0.1, 0.15) is 37.3 Å². The molecule has 1 heterocycles. The highest BCUT2D eigenvalue weighted by molar-refractivity contribution is 5.78. The van der Waals surface area contributed by atoms with Crippen LogP contribution < -0.4 is 14.2 Å². The molecule has 1 saturated carbocycles. The van der Waals surface area contributed by atoms with Gasteiger partial charge in [0, 0.05) is 25.9 Å². The van der Waals surface area contributed by atoms with Gasteiger partial charge in [-0.15, -0.1) is 0 Å². The SMILES string of the molecule is CCOc1cc(Cc2cncnc2)cc(OC2CCC2)c1-c1ccc(OCOC)cc1. The molecule has 0 N–H and O–H groups in total. The van der Waals surface area contributed by atoms with E-state index < -0.39 is 0 Å². The zero-order chi connectivity index (χ0) is 21.5. The van der Waals surface area contributed by atoms with Crippen LogP contribution in [-0.4, -0.2) is 36.6 Å². The molecule has 4 rings (SSSR count). The van der Waals surface area contributed by atoms with Crippen molar-refractivity contribution in [1.29, 1.82) is 0 Å². The second-order valence-electron chi connectivity index (χ2n) is 7.57. The van der Waals surface area contributed by atoms with Gasteiger partial charge < -0.3 is 18.9 Å². The van der Waals surface area contributed by atoms with Crippen molar-refractivity contribution in [3.8, 4) is 28.4 Å². The predicted molar refractivity (Wildman–Crippen MR) is 119 cm³/mol. The first-order valence-electron chi connectivity index (χ1n) is 10.7. The second kappa shape index (κ2) is 10.3. The van der Waals surface area contributed by atoms with Gasteiger partial charge in [-0.05, 0) is 67.1 Å². The molecule has 0 amide bonds. The average Bonchev–Trinajstić information content (AvgIpc) is 2.76. The van der Waals surface area contributed by atoms with Crippen molar-refractivity contribution in [3.05, 3.63) is 66.2 Å². The van der Waals surface area contributed by atoms with E-state index in [1.54, 1.807) is 13.4 Å². The summed E-state index contributed by atoms with van der Waals surface area (Å²) in [6.07, 6.45) is 9.58. The van der Waals surface area contributed by atoms with Gasteiger partial charge in [-0.25, -0.2) is 9.97 Å². The smallest absolute Gasteiger partial charge is 0.188 e. The lowest BCUT2D eigenvalue weighted by atomic mass is 9.95. The van der Waals surface area contributed by atoms with Crippen LogP contribution in [0.15, 0.2) is 55.1 Å². The van der Waals surface area contributed by atoms with Gasteiger partial charge in [0.1, 0.15) is 23.6 Å². The topological polar surface area (TPSA) is 62.7 Å². The van der Waals surface area contributed by atoms with Gasteiger partial charge in [0.05, 0.1) is 18.3 Å². The maximum Gasteiger partial charge on any atom is 0.188 e. The maximum atomic E-state index is 6.43. The molecule has 6 nitrogen and oxygen atoms in total. The minimum absolute atomic E-state index is 0.220. The fourth-order valence-corrected chi connectivity index (χ4v) is 3.56. The number of rotatable bonds is 10. The third-order valence-electron chi connectivity index (χ3n) is 5.28. The summed E-state index contributed by atoms with van der Waals surface area (Å²) < 4.78 is 23.0. The van der Waals surface area contributed by atoms with E-state index in [4.69, 9.17) is 18.9 Å². The van der Waals surface area contributed by atoms with Crippen molar-refractivity contribution >= 4 is 0 Å². The lowest BCUT2D eigenvalue weighted by Crippen LogP contribution is -2.25. The van der Waals surface area contributed by atoms with E-state index in [2.05, 4.69) is 22.1 Å². The van der Waals surface area contributed by atoms with Gasteiger partial charge in [0.15, 0.2) is 6.79 Å². The summed E-state index contributed by atoms with van der Waals surface area (Å²) in [5.74, 6) is 2.43. The Labute approximate surface area is 183 Å². The van der Waals surface area contributed by atoms with Crippen molar-refractivity contribution in [2.24, 2.45) is 0 Å². The zero-order valence-corrected chi connectivity index (χ0v) is 18.0. The van der Waals surface area contributed by atoms with Crippen LogP contribution in [0.5, 0.6) is 17.2 Å². The Bertz CT molecular complexity index is 973. The number of nitrogens with zero attached hydrogens (tertiary/aromatic N) is 2. The molecule has 6 heteroatoms. The molecule has 1 aliphatic rings. The van der Waals surface area contributed by atoms with Gasteiger partial charge in [-0.1, -0.05) is 12.1 Å². The monoisotopic (exact) mass is 420 g/mol. The van der Waals surface area contributed by atoms with Crippen LogP contribution in [0.2, 0.25) is 0 Å². The molecule has 2 aromatic carbocycles. The quantitative estimate of drug-likeness (QED) is 0.428. The van der Waals surface area contributed by atoms with Gasteiger partial charge in [0.25, 0.3) is 0 Å². The van der Waals surface area contributed by atoms with Crippen molar-refractivity contribution in [3.63, 3.8) is 0 Å². The van der Waals surface area contributed by atoms with Crippen LogP contribution in [-0.2, 0) is 11.2 Å². The minimum Gasteiger partial charge on any atom is -0.493 e. The van der Waals surface area contributed by atoms with E-state index in [0.717, 1.165) is 52.3 Å². The molecule has 1 aliphatic carbocycles. The van der Waals surface area contributed by atoms with Crippen LogP contribution >= 0.6 is 0 Å². The molecule has 1 aromatic heterocycles. The third kappa shape index (κ3) is 5.33. The molecule has 0 unspecified atom stereocenters. The lowest BCUT2D eigenvalue weighted by Gasteiger charge is -2.28. The summed E-state index contributed by atoms with van der Waals surface area (Å²) >= 11 is 0. The van der Waals surface area contributed by atoms with Crippen molar-refractivity contribution in [1.82, 2.24) is 9.97 Å². The lowest BCUT2D eigenvalue weighted by molar-refractivity contribution is 0.0511. The number of benzene rings is 2. The Balaban J connectivity index is 1.72. The first-order valence-corrected chi connectivity index (χ1v) is 10.7. The Kier molecular flexibility index (Phi) is 6.99.